The van der Waals surface area contributed by atoms with Gasteiger partial charge in [-0.05, 0) is 20.2 Å². The van der Waals surface area contributed by atoms with Crippen LogP contribution in [-0.4, -0.2) is 50.2 Å². The van der Waals surface area contributed by atoms with E-state index in [1.807, 2.05) is 19.0 Å². The Morgan fingerprint density at radius 3 is 2.85 bits per heavy atom. The molecule has 0 aliphatic rings. The van der Waals surface area contributed by atoms with Gasteiger partial charge < -0.3 is 10.0 Å². The lowest BCUT2D eigenvalue weighted by Crippen LogP contribution is -2.12. The maximum atomic E-state index is 10.5. The highest BCUT2D eigenvalue weighted by molar-refractivity contribution is 6.32. The second-order valence-electron chi connectivity index (χ2n) is 4.32. The van der Waals surface area contributed by atoms with Gasteiger partial charge in [-0.2, -0.15) is 10.2 Å². The van der Waals surface area contributed by atoms with E-state index < -0.39 is 6.09 Å². The lowest BCUT2D eigenvalue weighted by Gasteiger charge is -2.06. The number of hydrogen-bond donors (Lipinski definition) is 2. The first-order valence-corrected chi connectivity index (χ1v) is 6.05. The van der Waals surface area contributed by atoms with Gasteiger partial charge in [-0.1, -0.05) is 11.6 Å². The van der Waals surface area contributed by atoms with Crippen LogP contribution in [-0.2, 0) is 6.54 Å². The lowest BCUT2D eigenvalue weighted by molar-refractivity contribution is 0.209. The number of aromatic nitrogens is 4. The van der Waals surface area contributed by atoms with Crippen molar-refractivity contribution < 1.29 is 9.90 Å². The fourth-order valence-electron chi connectivity index (χ4n) is 1.56. The topological polar surface area (TPSA) is 96.2 Å². The minimum absolute atomic E-state index is 0.253. The number of anilines is 1. The molecule has 8 nitrogen and oxygen atoms in total. The molecule has 2 N–H and O–H groups in total. The molecule has 0 spiro atoms. The van der Waals surface area contributed by atoms with E-state index in [1.54, 1.807) is 6.20 Å². The van der Waals surface area contributed by atoms with E-state index in [-0.39, 0.29) is 10.7 Å². The molecule has 0 saturated carbocycles. The molecular formula is C11H13ClN6O2. The van der Waals surface area contributed by atoms with Gasteiger partial charge in [-0.3, -0.25) is 5.32 Å². The molecule has 0 atom stereocenters. The highest BCUT2D eigenvalue weighted by Crippen LogP contribution is 2.20. The van der Waals surface area contributed by atoms with E-state index >= 15 is 0 Å². The zero-order chi connectivity index (χ0) is 14.7. The lowest BCUT2D eigenvalue weighted by atomic mass is 10.4. The fourth-order valence-corrected chi connectivity index (χ4v) is 1.80. The maximum Gasteiger partial charge on any atom is 0.409 e. The third-order valence-electron chi connectivity index (χ3n) is 2.28. The summed E-state index contributed by atoms with van der Waals surface area (Å²) < 4.78 is 0. The minimum Gasteiger partial charge on any atom is -0.465 e. The molecule has 0 aliphatic carbocycles. The van der Waals surface area contributed by atoms with Crippen LogP contribution in [0, 0.1) is 0 Å². The SMILES string of the molecule is CN(C)Cc1cnn(-c2ncc(NC(=O)O)cc2Cl)n1. The summed E-state index contributed by atoms with van der Waals surface area (Å²) in [6.07, 6.45) is 1.80. The Hall–Kier alpha value is -2.19. The van der Waals surface area contributed by atoms with Crippen LogP contribution in [0.15, 0.2) is 18.5 Å². The Morgan fingerprint density at radius 1 is 1.50 bits per heavy atom. The molecule has 1 amide bonds. The van der Waals surface area contributed by atoms with E-state index in [0.717, 1.165) is 5.69 Å². The normalized spacial score (nSPS) is 10.8. The molecule has 0 aromatic carbocycles. The van der Waals surface area contributed by atoms with Crippen LogP contribution in [0.25, 0.3) is 5.82 Å². The van der Waals surface area contributed by atoms with Crippen molar-refractivity contribution >= 4 is 23.4 Å². The maximum absolute atomic E-state index is 10.5. The quantitative estimate of drug-likeness (QED) is 0.887. The van der Waals surface area contributed by atoms with Crippen molar-refractivity contribution in [3.8, 4) is 5.82 Å². The van der Waals surface area contributed by atoms with Crippen molar-refractivity contribution in [2.75, 3.05) is 19.4 Å². The summed E-state index contributed by atoms with van der Waals surface area (Å²) >= 11 is 6.06. The molecule has 106 valence electrons. The summed E-state index contributed by atoms with van der Waals surface area (Å²) in [5, 5.41) is 19.4. The Kier molecular flexibility index (Phi) is 4.16. The predicted octanol–water partition coefficient (Wildman–Crippen LogP) is 1.47. The molecule has 0 radical (unpaired) electrons. The smallest absolute Gasteiger partial charge is 0.409 e. The van der Waals surface area contributed by atoms with Crippen molar-refractivity contribution in [2.24, 2.45) is 0 Å². The largest absolute Gasteiger partial charge is 0.465 e. The molecule has 0 unspecified atom stereocenters. The highest BCUT2D eigenvalue weighted by Gasteiger charge is 2.10. The van der Waals surface area contributed by atoms with Crippen LogP contribution in [0.3, 0.4) is 0 Å². The van der Waals surface area contributed by atoms with Gasteiger partial charge in [0, 0.05) is 6.54 Å². The summed E-state index contributed by atoms with van der Waals surface area (Å²) in [5.74, 6) is 0.340. The van der Waals surface area contributed by atoms with Crippen LogP contribution < -0.4 is 5.32 Å². The van der Waals surface area contributed by atoms with Gasteiger partial charge in [-0.25, -0.2) is 9.78 Å². The van der Waals surface area contributed by atoms with Crippen LogP contribution >= 0.6 is 11.6 Å². The van der Waals surface area contributed by atoms with E-state index in [4.69, 9.17) is 16.7 Å². The van der Waals surface area contributed by atoms with Crippen LogP contribution in [0.5, 0.6) is 0 Å². The molecule has 2 aromatic heterocycles. The van der Waals surface area contributed by atoms with Gasteiger partial charge in [0.1, 0.15) is 0 Å². The molecule has 0 aliphatic heterocycles. The molecule has 2 heterocycles. The molecular weight excluding hydrogens is 284 g/mol. The van der Waals surface area contributed by atoms with Gasteiger partial charge >= 0.3 is 6.09 Å². The van der Waals surface area contributed by atoms with Crippen LogP contribution in [0.1, 0.15) is 5.69 Å². The Balaban J connectivity index is 2.24. The third kappa shape index (κ3) is 3.43. The van der Waals surface area contributed by atoms with E-state index in [2.05, 4.69) is 20.5 Å². The molecule has 0 bridgehead atoms. The van der Waals surface area contributed by atoms with Gasteiger partial charge in [0.25, 0.3) is 0 Å². The van der Waals surface area contributed by atoms with Gasteiger partial charge in [0.05, 0.1) is 28.8 Å². The molecule has 20 heavy (non-hydrogen) atoms. The first-order chi connectivity index (χ1) is 9.45. The second kappa shape index (κ2) is 5.85. The molecule has 2 aromatic rings. The van der Waals surface area contributed by atoms with E-state index in [0.29, 0.717) is 12.4 Å². The van der Waals surface area contributed by atoms with Crippen molar-refractivity contribution in [2.45, 2.75) is 6.54 Å². The summed E-state index contributed by atoms with van der Waals surface area (Å²) in [6.45, 7) is 0.649. The van der Waals surface area contributed by atoms with Gasteiger partial charge in [-0.15, -0.1) is 4.80 Å². The fraction of sp³-hybridized carbons (Fsp3) is 0.273. The predicted molar refractivity (Wildman–Crippen MR) is 73.2 cm³/mol. The van der Waals surface area contributed by atoms with Crippen molar-refractivity contribution in [1.29, 1.82) is 0 Å². The number of carboxylic acid groups (broad SMARTS) is 1. The first kappa shape index (κ1) is 14.2. The van der Waals surface area contributed by atoms with E-state index in [1.165, 1.54) is 17.1 Å². The number of pyridine rings is 1. The zero-order valence-electron chi connectivity index (χ0n) is 10.9. The number of hydrogen-bond acceptors (Lipinski definition) is 5. The minimum atomic E-state index is -1.18. The van der Waals surface area contributed by atoms with Crippen molar-refractivity contribution in [3.05, 3.63) is 29.2 Å². The third-order valence-corrected chi connectivity index (χ3v) is 2.56. The number of carbonyl (C=O) groups is 1. The standard InChI is InChI=1S/C11H13ClN6O2/c1-17(2)6-8-5-14-18(16-8)10-9(12)3-7(4-13-10)15-11(19)20/h3-5,15H,6H2,1-2H3,(H,19,20). The molecule has 9 heteroatoms. The first-order valence-electron chi connectivity index (χ1n) is 5.67. The summed E-state index contributed by atoms with van der Waals surface area (Å²) in [5.41, 5.74) is 1.06. The average molecular weight is 297 g/mol. The molecule has 0 fully saturated rings. The number of rotatable bonds is 4. The van der Waals surface area contributed by atoms with Crippen molar-refractivity contribution in [3.63, 3.8) is 0 Å². The van der Waals surface area contributed by atoms with E-state index in [9.17, 15) is 4.79 Å². The van der Waals surface area contributed by atoms with Crippen molar-refractivity contribution in [1.82, 2.24) is 24.9 Å². The van der Waals surface area contributed by atoms with Gasteiger partial charge in [0.15, 0.2) is 5.82 Å². The van der Waals surface area contributed by atoms with Crippen LogP contribution in [0.4, 0.5) is 10.5 Å². The second-order valence-corrected chi connectivity index (χ2v) is 4.73. The summed E-state index contributed by atoms with van der Waals surface area (Å²) in [4.78, 5) is 17.9. The molecule has 2 rings (SSSR count). The number of amides is 1. The Morgan fingerprint density at radius 2 is 2.25 bits per heavy atom. The number of halogens is 1. The van der Waals surface area contributed by atoms with Gasteiger partial charge in [0.2, 0.25) is 0 Å². The Bertz CT molecular complexity index is 627. The summed E-state index contributed by atoms with van der Waals surface area (Å²) in [7, 11) is 3.85. The number of nitrogens with one attached hydrogen (secondary N) is 1. The molecule has 0 saturated heterocycles. The Labute approximate surface area is 120 Å². The monoisotopic (exact) mass is 296 g/mol. The zero-order valence-corrected chi connectivity index (χ0v) is 11.7. The van der Waals surface area contributed by atoms with Crippen LogP contribution in [0.2, 0.25) is 5.02 Å². The highest BCUT2D eigenvalue weighted by atomic mass is 35.5. The number of nitrogens with zero attached hydrogens (tertiary/aromatic N) is 5. The average Bonchev–Trinajstić information content (AvgIpc) is 2.75. The summed E-state index contributed by atoms with van der Waals surface area (Å²) in [6, 6.07) is 1.45.